The van der Waals surface area contributed by atoms with Crippen molar-refractivity contribution in [3.05, 3.63) is 40.8 Å². The molecule has 1 saturated heterocycles. The lowest BCUT2D eigenvalue weighted by atomic mass is 9.79. The summed E-state index contributed by atoms with van der Waals surface area (Å²) in [4.78, 5) is 11.3. The van der Waals surface area contributed by atoms with Crippen molar-refractivity contribution in [2.45, 2.75) is 38.7 Å². The van der Waals surface area contributed by atoms with E-state index < -0.39 is 0 Å². The summed E-state index contributed by atoms with van der Waals surface area (Å²) in [7, 11) is 3.37. The van der Waals surface area contributed by atoms with Crippen LogP contribution in [-0.2, 0) is 16.8 Å². The lowest BCUT2D eigenvalue weighted by molar-refractivity contribution is -0.0768. The van der Waals surface area contributed by atoms with Gasteiger partial charge in [0.1, 0.15) is 11.6 Å². The Morgan fingerprint density at radius 3 is 2.48 bits per heavy atom. The molecule has 2 aromatic rings. The molecule has 0 atom stereocenters. The Labute approximate surface area is 160 Å². The molecule has 27 heavy (non-hydrogen) atoms. The first-order valence-electron chi connectivity index (χ1n) is 9.51. The normalized spacial score (nSPS) is 18.3. The largest absolute Gasteiger partial charge is 0.493 e. The molecule has 4 rings (SSSR count). The van der Waals surface area contributed by atoms with Crippen LogP contribution in [0.2, 0.25) is 0 Å². The molecule has 0 unspecified atom stereocenters. The topological polar surface area (TPSA) is 56.7 Å². The van der Waals surface area contributed by atoms with Gasteiger partial charge in [0.05, 0.1) is 26.4 Å². The van der Waals surface area contributed by atoms with Gasteiger partial charge in [-0.25, -0.2) is 9.97 Å². The van der Waals surface area contributed by atoms with Gasteiger partial charge < -0.3 is 19.1 Å². The van der Waals surface area contributed by atoms with Gasteiger partial charge in [0.15, 0.2) is 11.5 Å². The summed E-state index contributed by atoms with van der Waals surface area (Å²) in [6.07, 6.45) is 4.67. The highest BCUT2D eigenvalue weighted by atomic mass is 16.5. The van der Waals surface area contributed by atoms with E-state index in [1.807, 2.05) is 13.1 Å². The second-order valence-corrected chi connectivity index (χ2v) is 7.37. The van der Waals surface area contributed by atoms with Crippen molar-refractivity contribution in [1.82, 2.24) is 9.97 Å². The SMILES string of the molecule is COc1cc2c(cc1OC)C1(CCN(c3nc(C)ncc3C)CC1)OCC2. The van der Waals surface area contributed by atoms with Crippen LogP contribution in [0.15, 0.2) is 18.3 Å². The molecule has 1 aromatic carbocycles. The smallest absolute Gasteiger partial charge is 0.161 e. The molecule has 6 nitrogen and oxygen atoms in total. The summed E-state index contributed by atoms with van der Waals surface area (Å²) in [5.74, 6) is 3.41. The van der Waals surface area contributed by atoms with E-state index in [4.69, 9.17) is 14.2 Å². The quantitative estimate of drug-likeness (QED) is 0.828. The average molecular weight is 369 g/mol. The zero-order valence-corrected chi connectivity index (χ0v) is 16.5. The molecule has 1 spiro atoms. The van der Waals surface area contributed by atoms with E-state index in [0.29, 0.717) is 0 Å². The standard InChI is InChI=1S/C21H27N3O3/c1-14-13-22-15(2)23-20(14)24-8-6-21(7-9-24)17-12-19(26-4)18(25-3)11-16(17)5-10-27-21/h11-13H,5-10H2,1-4H3. The minimum Gasteiger partial charge on any atom is -0.493 e. The molecule has 6 heteroatoms. The molecule has 0 N–H and O–H groups in total. The highest BCUT2D eigenvalue weighted by Gasteiger charge is 2.42. The van der Waals surface area contributed by atoms with Gasteiger partial charge in [-0.1, -0.05) is 0 Å². The van der Waals surface area contributed by atoms with Crippen LogP contribution in [0, 0.1) is 13.8 Å². The Hall–Kier alpha value is -2.34. The third kappa shape index (κ3) is 3.12. The Kier molecular flexibility index (Phi) is 4.68. The Balaban J connectivity index is 1.63. The summed E-state index contributed by atoms with van der Waals surface area (Å²) in [5, 5.41) is 0. The molecule has 2 aliphatic heterocycles. The number of fused-ring (bicyclic) bond motifs is 2. The van der Waals surface area contributed by atoms with E-state index >= 15 is 0 Å². The molecular formula is C21H27N3O3. The lowest BCUT2D eigenvalue weighted by Gasteiger charge is -2.45. The third-order valence-electron chi connectivity index (χ3n) is 5.79. The third-order valence-corrected chi connectivity index (χ3v) is 5.79. The summed E-state index contributed by atoms with van der Waals surface area (Å²) in [6.45, 7) is 6.57. The van der Waals surface area contributed by atoms with Crippen molar-refractivity contribution in [3.63, 3.8) is 0 Å². The molecule has 0 radical (unpaired) electrons. The summed E-state index contributed by atoms with van der Waals surface area (Å²) >= 11 is 0. The number of methoxy groups -OCH3 is 2. The number of hydrogen-bond acceptors (Lipinski definition) is 6. The first kappa shape index (κ1) is 18.0. The van der Waals surface area contributed by atoms with Crippen LogP contribution in [0.25, 0.3) is 0 Å². The number of anilines is 1. The van der Waals surface area contributed by atoms with Gasteiger partial charge >= 0.3 is 0 Å². The number of nitrogens with zero attached hydrogens (tertiary/aromatic N) is 3. The van der Waals surface area contributed by atoms with Gasteiger partial charge in [-0.05, 0) is 56.4 Å². The average Bonchev–Trinajstić information content (AvgIpc) is 2.70. The first-order chi connectivity index (χ1) is 13.1. The summed E-state index contributed by atoms with van der Waals surface area (Å²) in [5.41, 5.74) is 3.43. The number of ether oxygens (including phenoxy) is 3. The molecule has 0 amide bonds. The van der Waals surface area contributed by atoms with Crippen LogP contribution in [-0.4, -0.2) is 43.9 Å². The number of aryl methyl sites for hydroxylation is 2. The van der Waals surface area contributed by atoms with Gasteiger partial charge in [-0.15, -0.1) is 0 Å². The molecule has 1 aromatic heterocycles. The fourth-order valence-electron chi connectivity index (χ4n) is 4.32. The van der Waals surface area contributed by atoms with Crippen molar-refractivity contribution in [2.24, 2.45) is 0 Å². The van der Waals surface area contributed by atoms with Crippen molar-refractivity contribution in [1.29, 1.82) is 0 Å². The maximum Gasteiger partial charge on any atom is 0.161 e. The van der Waals surface area contributed by atoms with E-state index in [0.717, 1.165) is 67.7 Å². The molecule has 2 aliphatic rings. The minimum atomic E-state index is -0.250. The Morgan fingerprint density at radius 2 is 1.78 bits per heavy atom. The zero-order valence-electron chi connectivity index (χ0n) is 16.5. The number of benzene rings is 1. The maximum atomic E-state index is 6.39. The fraction of sp³-hybridized carbons (Fsp3) is 0.524. The zero-order chi connectivity index (χ0) is 19.0. The van der Waals surface area contributed by atoms with Crippen molar-refractivity contribution < 1.29 is 14.2 Å². The fourth-order valence-corrected chi connectivity index (χ4v) is 4.32. The predicted molar refractivity (Wildman–Crippen MR) is 104 cm³/mol. The predicted octanol–water partition coefficient (Wildman–Crippen LogP) is 3.18. The van der Waals surface area contributed by atoms with Gasteiger partial charge in [-0.3, -0.25) is 0 Å². The van der Waals surface area contributed by atoms with Gasteiger partial charge in [0.2, 0.25) is 0 Å². The van der Waals surface area contributed by atoms with Crippen LogP contribution >= 0.6 is 0 Å². The Bertz CT molecular complexity index is 845. The molecule has 144 valence electrons. The van der Waals surface area contributed by atoms with Crippen molar-refractivity contribution in [2.75, 3.05) is 38.8 Å². The lowest BCUT2D eigenvalue weighted by Crippen LogP contribution is -2.47. The highest BCUT2D eigenvalue weighted by molar-refractivity contribution is 5.52. The van der Waals surface area contributed by atoms with Crippen LogP contribution in [0.4, 0.5) is 5.82 Å². The molecule has 0 aliphatic carbocycles. The molecule has 1 fully saturated rings. The highest BCUT2D eigenvalue weighted by Crippen LogP contribution is 2.45. The maximum absolute atomic E-state index is 6.39. The molecule has 0 saturated carbocycles. The number of hydrogen-bond donors (Lipinski definition) is 0. The molecule has 0 bridgehead atoms. The van der Waals surface area contributed by atoms with Crippen LogP contribution in [0.1, 0.15) is 35.4 Å². The van der Waals surface area contributed by atoms with Gasteiger partial charge in [-0.2, -0.15) is 0 Å². The van der Waals surface area contributed by atoms with Crippen molar-refractivity contribution >= 4 is 5.82 Å². The minimum absolute atomic E-state index is 0.250. The van der Waals surface area contributed by atoms with Crippen LogP contribution < -0.4 is 14.4 Å². The van der Waals surface area contributed by atoms with E-state index in [-0.39, 0.29) is 5.60 Å². The van der Waals surface area contributed by atoms with E-state index in [9.17, 15) is 0 Å². The molecule has 3 heterocycles. The van der Waals surface area contributed by atoms with Crippen molar-refractivity contribution in [3.8, 4) is 11.5 Å². The van der Waals surface area contributed by atoms with Crippen LogP contribution in [0.3, 0.4) is 0 Å². The number of aromatic nitrogens is 2. The summed E-state index contributed by atoms with van der Waals surface area (Å²) < 4.78 is 17.4. The Morgan fingerprint density at radius 1 is 1.07 bits per heavy atom. The van der Waals surface area contributed by atoms with E-state index in [2.05, 4.69) is 33.9 Å². The molecular weight excluding hydrogens is 342 g/mol. The van der Waals surface area contributed by atoms with Gasteiger partial charge in [0.25, 0.3) is 0 Å². The number of rotatable bonds is 3. The monoisotopic (exact) mass is 369 g/mol. The van der Waals surface area contributed by atoms with E-state index in [1.165, 1.54) is 11.1 Å². The van der Waals surface area contributed by atoms with Gasteiger partial charge in [0, 0.05) is 24.8 Å². The summed E-state index contributed by atoms with van der Waals surface area (Å²) in [6, 6.07) is 4.23. The van der Waals surface area contributed by atoms with E-state index in [1.54, 1.807) is 14.2 Å². The second kappa shape index (κ2) is 7.00. The first-order valence-corrected chi connectivity index (χ1v) is 9.51. The second-order valence-electron chi connectivity index (χ2n) is 7.37. The number of piperidine rings is 1. The van der Waals surface area contributed by atoms with Crippen LogP contribution in [0.5, 0.6) is 11.5 Å².